The summed E-state index contributed by atoms with van der Waals surface area (Å²) in [6.07, 6.45) is 5.13. The van der Waals surface area contributed by atoms with Gasteiger partial charge in [-0.05, 0) is 43.5 Å². The second kappa shape index (κ2) is 8.98. The van der Waals surface area contributed by atoms with E-state index in [0.29, 0.717) is 29.9 Å². The number of piperazine rings is 1. The first-order valence-corrected chi connectivity index (χ1v) is 11.4. The van der Waals surface area contributed by atoms with E-state index >= 15 is 0 Å². The number of rotatable bonds is 4. The average molecular weight is 433 g/mol. The second-order valence-electron chi connectivity index (χ2n) is 8.42. The predicted molar refractivity (Wildman–Crippen MR) is 125 cm³/mol. The number of fused-ring (bicyclic) bond motifs is 1. The molecule has 2 aliphatic rings. The summed E-state index contributed by atoms with van der Waals surface area (Å²) < 4.78 is 1.58. The Kier molecular flexibility index (Phi) is 5.75. The number of para-hydroxylation sites is 1. The van der Waals surface area contributed by atoms with Gasteiger partial charge in [0.2, 0.25) is 11.9 Å². The number of nitrogens with zero attached hydrogens (tertiary/aromatic N) is 6. The minimum Gasteiger partial charge on any atom is -0.353 e. The quantitative estimate of drug-likeness (QED) is 0.629. The highest BCUT2D eigenvalue weighted by Gasteiger charge is 2.25. The molecule has 166 valence electrons. The molecule has 2 fully saturated rings. The summed E-state index contributed by atoms with van der Waals surface area (Å²) >= 11 is 0. The van der Waals surface area contributed by atoms with Crippen molar-refractivity contribution in [3.63, 3.8) is 0 Å². The molecular weight excluding hydrogens is 404 g/mol. The van der Waals surface area contributed by atoms with E-state index in [2.05, 4.69) is 14.8 Å². The molecule has 0 spiro atoms. The maximum atomic E-state index is 13.4. The fourth-order valence-electron chi connectivity index (χ4n) is 4.60. The summed E-state index contributed by atoms with van der Waals surface area (Å²) in [5.74, 6) is 1.51. The maximum Gasteiger partial charge on any atom is 0.263 e. The first-order valence-electron chi connectivity index (χ1n) is 11.4. The lowest BCUT2D eigenvalue weighted by Crippen LogP contribution is -2.50. The highest BCUT2D eigenvalue weighted by molar-refractivity contribution is 5.81. The van der Waals surface area contributed by atoms with E-state index in [9.17, 15) is 9.59 Å². The van der Waals surface area contributed by atoms with E-state index in [1.54, 1.807) is 16.8 Å². The lowest BCUT2D eigenvalue weighted by atomic mass is 10.1. The number of hydrogen-bond acceptors (Lipinski definition) is 6. The third kappa shape index (κ3) is 4.04. The normalized spacial score (nSPS) is 17.1. The van der Waals surface area contributed by atoms with Crippen LogP contribution in [0.3, 0.4) is 0 Å². The molecule has 0 aliphatic carbocycles. The van der Waals surface area contributed by atoms with Gasteiger partial charge < -0.3 is 14.7 Å². The summed E-state index contributed by atoms with van der Waals surface area (Å²) in [6, 6.07) is 13.3. The molecule has 0 radical (unpaired) electrons. The van der Waals surface area contributed by atoms with Gasteiger partial charge in [0.25, 0.3) is 5.56 Å². The van der Waals surface area contributed by atoms with Gasteiger partial charge in [-0.1, -0.05) is 18.2 Å². The van der Waals surface area contributed by atoms with Crippen molar-refractivity contribution >= 4 is 28.6 Å². The highest BCUT2D eigenvalue weighted by Crippen LogP contribution is 2.20. The fraction of sp³-hybridized carbons (Fsp3) is 0.417. The largest absolute Gasteiger partial charge is 0.353 e. The van der Waals surface area contributed by atoms with E-state index in [-0.39, 0.29) is 18.0 Å². The standard InChI is InChI=1S/C24H28N6O2/c31-22(28-16-14-27(15-17-28)21-10-4-5-11-25-21)18-30-23(32)19-8-2-3-9-20(19)26-24(30)29-12-6-1-7-13-29/h2-5,8-11H,1,6-7,12-18H2. The predicted octanol–water partition coefficient (Wildman–Crippen LogP) is 2.13. The number of benzene rings is 1. The van der Waals surface area contributed by atoms with E-state index < -0.39 is 0 Å². The zero-order valence-corrected chi connectivity index (χ0v) is 18.2. The molecule has 2 aromatic heterocycles. The SMILES string of the molecule is O=C(Cn1c(N2CCCCC2)nc2ccccc2c1=O)N1CCN(c2ccccn2)CC1. The van der Waals surface area contributed by atoms with Crippen LogP contribution in [0, 0.1) is 0 Å². The number of anilines is 2. The van der Waals surface area contributed by atoms with Crippen molar-refractivity contribution in [2.75, 3.05) is 49.1 Å². The van der Waals surface area contributed by atoms with Gasteiger partial charge in [0.1, 0.15) is 12.4 Å². The lowest BCUT2D eigenvalue weighted by Gasteiger charge is -2.36. The molecule has 1 amide bonds. The third-order valence-electron chi connectivity index (χ3n) is 6.38. The van der Waals surface area contributed by atoms with Crippen LogP contribution in [0.4, 0.5) is 11.8 Å². The van der Waals surface area contributed by atoms with Gasteiger partial charge in [-0.2, -0.15) is 0 Å². The summed E-state index contributed by atoms with van der Waals surface area (Å²) in [4.78, 5) is 42.0. The Morgan fingerprint density at radius 1 is 0.844 bits per heavy atom. The van der Waals surface area contributed by atoms with Crippen LogP contribution >= 0.6 is 0 Å². The van der Waals surface area contributed by atoms with Gasteiger partial charge in [-0.15, -0.1) is 0 Å². The van der Waals surface area contributed by atoms with Crippen molar-refractivity contribution in [2.45, 2.75) is 25.8 Å². The van der Waals surface area contributed by atoms with Gasteiger partial charge in [0.15, 0.2) is 0 Å². The molecule has 0 saturated carbocycles. The Balaban J connectivity index is 1.38. The van der Waals surface area contributed by atoms with Crippen molar-refractivity contribution in [1.29, 1.82) is 0 Å². The zero-order chi connectivity index (χ0) is 21.9. The van der Waals surface area contributed by atoms with Crippen LogP contribution in [0.15, 0.2) is 53.5 Å². The average Bonchev–Trinajstić information content (AvgIpc) is 2.87. The first-order chi connectivity index (χ1) is 15.7. The highest BCUT2D eigenvalue weighted by atomic mass is 16.2. The number of amides is 1. The van der Waals surface area contributed by atoms with Crippen molar-refractivity contribution in [1.82, 2.24) is 19.4 Å². The summed E-state index contributed by atoms with van der Waals surface area (Å²) in [6.45, 7) is 4.43. The van der Waals surface area contributed by atoms with Crippen molar-refractivity contribution in [2.24, 2.45) is 0 Å². The van der Waals surface area contributed by atoms with Gasteiger partial charge in [0.05, 0.1) is 10.9 Å². The van der Waals surface area contributed by atoms with Gasteiger partial charge in [0, 0.05) is 45.5 Å². The van der Waals surface area contributed by atoms with Crippen LogP contribution in [0.5, 0.6) is 0 Å². The number of pyridine rings is 1. The van der Waals surface area contributed by atoms with Crippen molar-refractivity contribution < 1.29 is 4.79 Å². The summed E-state index contributed by atoms with van der Waals surface area (Å²) in [5, 5.41) is 0.557. The fourth-order valence-corrected chi connectivity index (χ4v) is 4.60. The van der Waals surface area contributed by atoms with Crippen LogP contribution in [0.1, 0.15) is 19.3 Å². The molecule has 32 heavy (non-hydrogen) atoms. The first kappa shape index (κ1) is 20.5. The molecule has 0 bridgehead atoms. The minimum atomic E-state index is -0.142. The monoisotopic (exact) mass is 432 g/mol. The molecule has 1 aromatic carbocycles. The Morgan fingerprint density at radius 3 is 2.34 bits per heavy atom. The van der Waals surface area contributed by atoms with Crippen LogP contribution < -0.4 is 15.4 Å². The smallest absolute Gasteiger partial charge is 0.263 e. The van der Waals surface area contributed by atoms with Gasteiger partial charge in [-0.25, -0.2) is 9.97 Å². The molecule has 4 heterocycles. The molecule has 2 aliphatic heterocycles. The lowest BCUT2D eigenvalue weighted by molar-refractivity contribution is -0.132. The van der Waals surface area contributed by atoms with E-state index in [1.165, 1.54) is 6.42 Å². The second-order valence-corrected chi connectivity index (χ2v) is 8.42. The molecule has 5 rings (SSSR count). The maximum absolute atomic E-state index is 13.4. The van der Waals surface area contributed by atoms with E-state index in [1.807, 2.05) is 41.3 Å². The number of aromatic nitrogens is 3. The summed E-state index contributed by atoms with van der Waals surface area (Å²) in [7, 11) is 0. The number of carbonyl (C=O) groups is 1. The topological polar surface area (TPSA) is 74.6 Å². The van der Waals surface area contributed by atoms with Crippen molar-refractivity contribution in [3.05, 3.63) is 59.0 Å². The van der Waals surface area contributed by atoms with Crippen LogP contribution in [0.25, 0.3) is 10.9 Å². The molecule has 0 N–H and O–H groups in total. The van der Waals surface area contributed by atoms with Gasteiger partial charge in [-0.3, -0.25) is 14.2 Å². The van der Waals surface area contributed by atoms with Crippen LogP contribution in [-0.4, -0.2) is 64.6 Å². The molecule has 2 saturated heterocycles. The number of hydrogen-bond donors (Lipinski definition) is 0. The molecule has 0 unspecified atom stereocenters. The van der Waals surface area contributed by atoms with E-state index in [4.69, 9.17) is 4.98 Å². The Morgan fingerprint density at radius 2 is 1.59 bits per heavy atom. The molecule has 0 atom stereocenters. The Labute approximate surface area is 187 Å². The van der Waals surface area contributed by atoms with Crippen LogP contribution in [0.2, 0.25) is 0 Å². The van der Waals surface area contributed by atoms with Gasteiger partial charge >= 0.3 is 0 Å². The molecule has 8 nitrogen and oxygen atoms in total. The molecular formula is C24H28N6O2. The minimum absolute atomic E-state index is 0.0199. The molecule has 3 aromatic rings. The Hall–Kier alpha value is -3.42. The van der Waals surface area contributed by atoms with Crippen LogP contribution in [-0.2, 0) is 11.3 Å². The number of piperidine rings is 1. The third-order valence-corrected chi connectivity index (χ3v) is 6.38. The van der Waals surface area contributed by atoms with Crippen molar-refractivity contribution in [3.8, 4) is 0 Å². The Bertz CT molecular complexity index is 1150. The molecule has 8 heteroatoms. The number of carbonyl (C=O) groups excluding carboxylic acids is 1. The van der Waals surface area contributed by atoms with E-state index in [0.717, 1.165) is 44.8 Å². The zero-order valence-electron chi connectivity index (χ0n) is 18.2. The summed E-state index contributed by atoms with van der Waals surface area (Å²) in [5.41, 5.74) is 0.544.